The summed E-state index contributed by atoms with van der Waals surface area (Å²) in [6, 6.07) is -0.404. The largest absolute Gasteiger partial charge is 0.394 e. The first kappa shape index (κ1) is 13.9. The number of aliphatic hydroxyl groups excluding tert-OH is 2. The summed E-state index contributed by atoms with van der Waals surface area (Å²) in [6.45, 7) is 1.24. The smallest absolute Gasteiger partial charge is 0.273 e. The SMILES string of the molecule is O=C(NC(CO)CO)c1cn(C2CCNCC2)nn1. The van der Waals surface area contributed by atoms with Crippen LogP contribution in [0.15, 0.2) is 6.20 Å². The summed E-state index contributed by atoms with van der Waals surface area (Å²) >= 11 is 0. The van der Waals surface area contributed by atoms with Crippen LogP contribution in [-0.2, 0) is 0 Å². The van der Waals surface area contributed by atoms with Crippen LogP contribution in [-0.4, -0.2) is 63.5 Å². The van der Waals surface area contributed by atoms with Gasteiger partial charge < -0.3 is 20.8 Å². The molecule has 0 bridgehead atoms. The number of amides is 1. The molecule has 2 heterocycles. The van der Waals surface area contributed by atoms with Crippen LogP contribution in [0.25, 0.3) is 0 Å². The fourth-order valence-corrected chi connectivity index (χ4v) is 2.04. The van der Waals surface area contributed by atoms with Crippen molar-refractivity contribution in [2.45, 2.75) is 24.9 Å². The summed E-state index contributed by atoms with van der Waals surface area (Å²) in [5, 5.41) is 31.4. The Morgan fingerprint density at radius 1 is 1.47 bits per heavy atom. The fraction of sp³-hybridized carbons (Fsp3) is 0.727. The molecule has 1 saturated heterocycles. The third-order valence-corrected chi connectivity index (χ3v) is 3.20. The Morgan fingerprint density at radius 2 is 2.16 bits per heavy atom. The average molecular weight is 269 g/mol. The molecule has 1 aromatic heterocycles. The van der Waals surface area contributed by atoms with E-state index in [1.807, 2.05) is 0 Å². The summed E-state index contributed by atoms with van der Waals surface area (Å²) < 4.78 is 1.71. The highest BCUT2D eigenvalue weighted by Crippen LogP contribution is 2.16. The van der Waals surface area contributed by atoms with Crippen molar-refractivity contribution in [3.8, 4) is 0 Å². The molecule has 1 aromatic rings. The van der Waals surface area contributed by atoms with Gasteiger partial charge in [-0.1, -0.05) is 5.21 Å². The van der Waals surface area contributed by atoms with E-state index in [4.69, 9.17) is 10.2 Å². The molecule has 19 heavy (non-hydrogen) atoms. The monoisotopic (exact) mass is 269 g/mol. The van der Waals surface area contributed by atoms with Crippen LogP contribution in [0.2, 0.25) is 0 Å². The lowest BCUT2D eigenvalue weighted by molar-refractivity contribution is 0.0874. The maximum atomic E-state index is 11.8. The van der Waals surface area contributed by atoms with Crippen molar-refractivity contribution in [1.29, 1.82) is 0 Å². The van der Waals surface area contributed by atoms with Gasteiger partial charge in [0, 0.05) is 0 Å². The van der Waals surface area contributed by atoms with Gasteiger partial charge in [0.25, 0.3) is 5.91 Å². The summed E-state index contributed by atoms with van der Waals surface area (Å²) in [7, 11) is 0. The molecule has 2 rings (SSSR count). The van der Waals surface area contributed by atoms with Gasteiger partial charge >= 0.3 is 0 Å². The van der Waals surface area contributed by atoms with Gasteiger partial charge in [-0.05, 0) is 25.9 Å². The zero-order valence-electron chi connectivity index (χ0n) is 10.6. The predicted octanol–water partition coefficient (Wildman–Crippen LogP) is -1.71. The van der Waals surface area contributed by atoms with Crippen molar-refractivity contribution in [2.24, 2.45) is 0 Å². The molecule has 0 saturated carbocycles. The second-order valence-electron chi connectivity index (χ2n) is 4.60. The van der Waals surface area contributed by atoms with Crippen molar-refractivity contribution in [3.63, 3.8) is 0 Å². The fourth-order valence-electron chi connectivity index (χ4n) is 2.04. The number of carbonyl (C=O) groups is 1. The van der Waals surface area contributed by atoms with E-state index in [2.05, 4.69) is 20.9 Å². The first-order valence-corrected chi connectivity index (χ1v) is 6.39. The standard InChI is InChI=1S/C11H19N5O3/c17-6-8(7-18)13-11(19)10-5-16(15-14-10)9-1-3-12-4-2-9/h5,8-9,12,17-18H,1-4,6-7H2,(H,13,19). The van der Waals surface area contributed by atoms with Gasteiger partial charge in [-0.3, -0.25) is 4.79 Å². The van der Waals surface area contributed by atoms with E-state index in [0.717, 1.165) is 25.9 Å². The number of hydrogen-bond acceptors (Lipinski definition) is 6. The normalized spacial score (nSPS) is 16.8. The Hall–Kier alpha value is -1.51. The first-order chi connectivity index (χ1) is 9.24. The molecule has 0 unspecified atom stereocenters. The van der Waals surface area contributed by atoms with Crippen molar-refractivity contribution in [1.82, 2.24) is 25.6 Å². The van der Waals surface area contributed by atoms with E-state index in [1.165, 1.54) is 0 Å². The maximum absolute atomic E-state index is 11.8. The van der Waals surface area contributed by atoms with E-state index < -0.39 is 11.9 Å². The maximum Gasteiger partial charge on any atom is 0.273 e. The van der Waals surface area contributed by atoms with Crippen molar-refractivity contribution >= 4 is 5.91 Å². The van der Waals surface area contributed by atoms with Gasteiger partial charge in [0.2, 0.25) is 0 Å². The lowest BCUT2D eigenvalue weighted by Gasteiger charge is -2.22. The summed E-state index contributed by atoms with van der Waals surface area (Å²) in [5.41, 5.74) is 0.199. The van der Waals surface area contributed by atoms with E-state index in [9.17, 15) is 4.79 Å². The Morgan fingerprint density at radius 3 is 2.79 bits per heavy atom. The van der Waals surface area contributed by atoms with Crippen LogP contribution >= 0.6 is 0 Å². The average Bonchev–Trinajstić information content (AvgIpc) is 2.95. The van der Waals surface area contributed by atoms with Gasteiger partial charge in [-0.25, -0.2) is 4.68 Å². The second-order valence-corrected chi connectivity index (χ2v) is 4.60. The Labute approximate surface area is 110 Å². The number of hydrogen-bond donors (Lipinski definition) is 4. The molecular weight excluding hydrogens is 250 g/mol. The van der Waals surface area contributed by atoms with Gasteiger partial charge in [-0.2, -0.15) is 0 Å². The van der Waals surface area contributed by atoms with Gasteiger partial charge in [0.15, 0.2) is 5.69 Å². The summed E-state index contributed by atoms with van der Waals surface area (Å²) in [4.78, 5) is 11.8. The molecule has 1 fully saturated rings. The molecule has 1 aliphatic rings. The topological polar surface area (TPSA) is 112 Å². The summed E-state index contributed by atoms with van der Waals surface area (Å²) in [6.07, 6.45) is 3.53. The van der Waals surface area contributed by atoms with Crippen LogP contribution in [0.4, 0.5) is 0 Å². The zero-order valence-corrected chi connectivity index (χ0v) is 10.6. The zero-order chi connectivity index (χ0) is 13.7. The molecule has 8 nitrogen and oxygen atoms in total. The first-order valence-electron chi connectivity index (χ1n) is 6.39. The van der Waals surface area contributed by atoms with Crippen LogP contribution < -0.4 is 10.6 Å². The van der Waals surface area contributed by atoms with E-state index >= 15 is 0 Å². The second kappa shape index (κ2) is 6.60. The Kier molecular flexibility index (Phi) is 4.83. The van der Waals surface area contributed by atoms with E-state index in [0.29, 0.717) is 0 Å². The third-order valence-electron chi connectivity index (χ3n) is 3.20. The van der Waals surface area contributed by atoms with Gasteiger partial charge in [0.05, 0.1) is 31.5 Å². The Bertz CT molecular complexity index is 412. The summed E-state index contributed by atoms with van der Waals surface area (Å²) in [5.74, 6) is -0.437. The van der Waals surface area contributed by atoms with Gasteiger partial charge in [0.1, 0.15) is 0 Å². The molecule has 0 radical (unpaired) electrons. The lowest BCUT2D eigenvalue weighted by Crippen LogP contribution is -2.40. The number of carbonyl (C=O) groups excluding carboxylic acids is 1. The molecular formula is C11H19N5O3. The molecule has 1 aliphatic heterocycles. The minimum atomic E-state index is -0.670. The molecule has 0 aromatic carbocycles. The quantitative estimate of drug-likeness (QED) is 0.506. The van der Waals surface area contributed by atoms with E-state index in [-0.39, 0.29) is 24.9 Å². The minimum absolute atomic E-state index is 0.199. The van der Waals surface area contributed by atoms with E-state index in [1.54, 1.807) is 10.9 Å². The minimum Gasteiger partial charge on any atom is -0.394 e. The van der Waals surface area contributed by atoms with Crippen molar-refractivity contribution < 1.29 is 15.0 Å². The highest BCUT2D eigenvalue weighted by molar-refractivity contribution is 5.92. The van der Waals surface area contributed by atoms with Crippen molar-refractivity contribution in [3.05, 3.63) is 11.9 Å². The van der Waals surface area contributed by atoms with Crippen LogP contribution in [0.1, 0.15) is 29.4 Å². The van der Waals surface area contributed by atoms with Crippen LogP contribution in [0.3, 0.4) is 0 Å². The number of rotatable bonds is 5. The van der Waals surface area contributed by atoms with Crippen LogP contribution in [0, 0.1) is 0 Å². The molecule has 1 amide bonds. The molecule has 0 atom stereocenters. The molecule has 4 N–H and O–H groups in total. The lowest BCUT2D eigenvalue weighted by atomic mass is 10.1. The number of piperidine rings is 1. The Balaban J connectivity index is 1.97. The van der Waals surface area contributed by atoms with Crippen molar-refractivity contribution in [2.75, 3.05) is 26.3 Å². The highest BCUT2D eigenvalue weighted by atomic mass is 16.3. The predicted molar refractivity (Wildman–Crippen MR) is 66.6 cm³/mol. The van der Waals surface area contributed by atoms with Gasteiger partial charge in [-0.15, -0.1) is 5.10 Å². The van der Waals surface area contributed by atoms with Crippen LogP contribution in [0.5, 0.6) is 0 Å². The number of aliphatic hydroxyl groups is 2. The highest BCUT2D eigenvalue weighted by Gasteiger charge is 2.19. The number of aromatic nitrogens is 3. The number of nitrogens with zero attached hydrogens (tertiary/aromatic N) is 3. The molecule has 0 aliphatic carbocycles. The molecule has 106 valence electrons. The molecule has 8 heteroatoms. The third kappa shape index (κ3) is 3.49. The molecule has 0 spiro atoms. The number of nitrogens with one attached hydrogen (secondary N) is 2.